The lowest BCUT2D eigenvalue weighted by Crippen LogP contribution is -2.16. The van der Waals surface area contributed by atoms with E-state index in [0.29, 0.717) is 13.0 Å². The van der Waals surface area contributed by atoms with Gasteiger partial charge in [-0.3, -0.25) is 0 Å². The van der Waals surface area contributed by atoms with Gasteiger partial charge in [-0.25, -0.2) is 17.9 Å². The largest absolute Gasteiger partial charge is 0.490 e. The van der Waals surface area contributed by atoms with Crippen LogP contribution in [-0.4, -0.2) is 27.7 Å². The molecule has 1 aliphatic rings. The van der Waals surface area contributed by atoms with Crippen molar-refractivity contribution in [2.24, 2.45) is 5.14 Å². The molecule has 0 aliphatic carbocycles. The molecule has 0 aromatic heterocycles. The molecule has 0 bridgehead atoms. The molecule has 1 atom stereocenters. The van der Waals surface area contributed by atoms with Crippen LogP contribution in [0.1, 0.15) is 19.3 Å². The van der Waals surface area contributed by atoms with Gasteiger partial charge in [0.1, 0.15) is 4.90 Å². The maximum atomic E-state index is 13.6. The summed E-state index contributed by atoms with van der Waals surface area (Å²) in [5.41, 5.74) is 0. The molecule has 0 saturated carbocycles. The van der Waals surface area contributed by atoms with E-state index in [1.165, 1.54) is 0 Å². The molecule has 1 unspecified atom stereocenters. The maximum absolute atomic E-state index is 13.6. The minimum Gasteiger partial charge on any atom is -0.490 e. The number of sulfonamides is 1. The van der Waals surface area contributed by atoms with Gasteiger partial charge in [0.05, 0.1) is 12.7 Å². The summed E-state index contributed by atoms with van der Waals surface area (Å²) in [6, 6.07) is 1.93. The van der Waals surface area contributed by atoms with Gasteiger partial charge >= 0.3 is 0 Å². The highest BCUT2D eigenvalue weighted by molar-refractivity contribution is 7.89. The van der Waals surface area contributed by atoms with Gasteiger partial charge in [0, 0.05) is 13.0 Å². The Labute approximate surface area is 115 Å². The summed E-state index contributed by atoms with van der Waals surface area (Å²) in [4.78, 5) is -0.888. The second kappa shape index (κ2) is 6.02. The minimum absolute atomic E-state index is 0.0756. The smallest absolute Gasteiger partial charge is 0.241 e. The average molecular weight is 307 g/mol. The van der Waals surface area contributed by atoms with Gasteiger partial charge in [0.2, 0.25) is 15.8 Å². The van der Waals surface area contributed by atoms with Crippen LogP contribution in [0.25, 0.3) is 0 Å². The van der Waals surface area contributed by atoms with Gasteiger partial charge in [-0.1, -0.05) is 0 Å². The predicted molar refractivity (Wildman–Crippen MR) is 66.8 cm³/mol. The Balaban J connectivity index is 2.04. The molecule has 0 spiro atoms. The number of halogens is 2. The Kier molecular flexibility index (Phi) is 4.56. The second-order valence-electron chi connectivity index (χ2n) is 4.51. The summed E-state index contributed by atoms with van der Waals surface area (Å²) in [6.07, 6.45) is 2.55. The van der Waals surface area contributed by atoms with Crippen LogP contribution >= 0.6 is 0 Å². The molecule has 2 rings (SSSR count). The number of rotatable bonds is 5. The van der Waals surface area contributed by atoms with Crippen molar-refractivity contribution in [3.63, 3.8) is 0 Å². The van der Waals surface area contributed by atoms with E-state index in [-0.39, 0.29) is 18.5 Å². The third-order valence-corrected chi connectivity index (χ3v) is 3.97. The van der Waals surface area contributed by atoms with Crippen LogP contribution in [0.5, 0.6) is 5.75 Å². The zero-order valence-electron chi connectivity index (χ0n) is 10.6. The first-order valence-electron chi connectivity index (χ1n) is 6.15. The molecule has 1 heterocycles. The second-order valence-corrected chi connectivity index (χ2v) is 6.04. The van der Waals surface area contributed by atoms with Gasteiger partial charge in [-0.05, 0) is 25.0 Å². The number of hydrogen-bond donors (Lipinski definition) is 1. The van der Waals surface area contributed by atoms with Crippen LogP contribution in [0.15, 0.2) is 17.0 Å². The Bertz CT molecular complexity index is 585. The quantitative estimate of drug-likeness (QED) is 0.895. The molecule has 112 valence electrons. The molecule has 8 heteroatoms. The summed E-state index contributed by atoms with van der Waals surface area (Å²) in [7, 11) is -4.30. The minimum atomic E-state index is -4.30. The fraction of sp³-hybridized carbons (Fsp3) is 0.500. The van der Waals surface area contributed by atoms with Crippen LogP contribution in [0.3, 0.4) is 0 Å². The Morgan fingerprint density at radius 3 is 2.70 bits per heavy atom. The van der Waals surface area contributed by atoms with E-state index in [1.54, 1.807) is 0 Å². The molecular weight excluding hydrogens is 292 g/mol. The Hall–Kier alpha value is -1.25. The number of benzene rings is 1. The molecular formula is C12H15F2NO4S. The zero-order chi connectivity index (χ0) is 14.8. The first-order chi connectivity index (χ1) is 9.39. The predicted octanol–water partition coefficient (Wildman–Crippen LogP) is 1.56. The average Bonchev–Trinajstić information content (AvgIpc) is 2.86. The SMILES string of the molecule is NS(=O)(=O)c1ccc(OCCC2CCCO2)c(F)c1F. The van der Waals surface area contributed by atoms with Gasteiger partial charge in [-0.15, -0.1) is 0 Å². The maximum Gasteiger partial charge on any atom is 0.241 e. The fourth-order valence-electron chi connectivity index (χ4n) is 2.02. The highest BCUT2D eigenvalue weighted by atomic mass is 32.2. The van der Waals surface area contributed by atoms with Crippen molar-refractivity contribution in [1.82, 2.24) is 0 Å². The van der Waals surface area contributed by atoms with Crippen LogP contribution < -0.4 is 9.88 Å². The topological polar surface area (TPSA) is 78.6 Å². The first kappa shape index (κ1) is 15.1. The molecule has 0 radical (unpaired) electrons. The van der Waals surface area contributed by atoms with Crippen molar-refractivity contribution in [2.75, 3.05) is 13.2 Å². The molecule has 20 heavy (non-hydrogen) atoms. The van der Waals surface area contributed by atoms with Crippen LogP contribution in [0.2, 0.25) is 0 Å². The number of nitrogens with two attached hydrogens (primary N) is 1. The van der Waals surface area contributed by atoms with E-state index in [0.717, 1.165) is 25.0 Å². The highest BCUT2D eigenvalue weighted by Gasteiger charge is 2.22. The third kappa shape index (κ3) is 3.44. The van der Waals surface area contributed by atoms with Crippen LogP contribution in [0.4, 0.5) is 8.78 Å². The van der Waals surface area contributed by atoms with Gasteiger partial charge in [0.15, 0.2) is 11.6 Å². The van der Waals surface area contributed by atoms with Crippen molar-refractivity contribution in [3.8, 4) is 5.75 Å². The van der Waals surface area contributed by atoms with Crippen molar-refractivity contribution in [3.05, 3.63) is 23.8 Å². The zero-order valence-corrected chi connectivity index (χ0v) is 11.5. The molecule has 1 saturated heterocycles. The Morgan fingerprint density at radius 2 is 2.10 bits per heavy atom. The normalized spacial score (nSPS) is 19.2. The van der Waals surface area contributed by atoms with E-state index >= 15 is 0 Å². The summed E-state index contributed by atoms with van der Waals surface area (Å²) in [5.74, 6) is -3.22. The van der Waals surface area contributed by atoms with Gasteiger partial charge in [-0.2, -0.15) is 4.39 Å². The van der Waals surface area contributed by atoms with Crippen molar-refractivity contribution in [2.45, 2.75) is 30.3 Å². The van der Waals surface area contributed by atoms with E-state index in [4.69, 9.17) is 14.6 Å². The standard InChI is InChI=1S/C12H15F2NO4S/c13-11-9(19-7-5-8-2-1-6-18-8)3-4-10(12(11)14)20(15,16)17/h3-4,8H,1-2,5-7H2,(H2,15,16,17). The molecule has 0 amide bonds. The van der Waals surface area contributed by atoms with Crippen molar-refractivity contribution >= 4 is 10.0 Å². The van der Waals surface area contributed by atoms with E-state index in [2.05, 4.69) is 0 Å². The lowest BCUT2D eigenvalue weighted by atomic mass is 10.2. The van der Waals surface area contributed by atoms with E-state index in [1.807, 2.05) is 0 Å². The monoisotopic (exact) mass is 307 g/mol. The van der Waals surface area contributed by atoms with Crippen molar-refractivity contribution < 1.29 is 26.7 Å². The molecule has 1 aliphatic heterocycles. The summed E-state index contributed by atoms with van der Waals surface area (Å²) >= 11 is 0. The molecule has 1 aromatic rings. The fourth-order valence-corrected chi connectivity index (χ4v) is 2.61. The summed E-state index contributed by atoms with van der Waals surface area (Å²) in [5, 5.41) is 4.77. The Morgan fingerprint density at radius 1 is 1.35 bits per heavy atom. The van der Waals surface area contributed by atoms with E-state index < -0.39 is 26.6 Å². The molecule has 5 nitrogen and oxygen atoms in total. The lowest BCUT2D eigenvalue weighted by Gasteiger charge is -2.12. The number of primary sulfonamides is 1. The number of ether oxygens (including phenoxy) is 2. The molecule has 1 fully saturated rings. The molecule has 2 N–H and O–H groups in total. The third-order valence-electron chi connectivity index (χ3n) is 3.04. The summed E-state index contributed by atoms with van der Waals surface area (Å²) in [6.45, 7) is 0.868. The van der Waals surface area contributed by atoms with E-state index in [9.17, 15) is 17.2 Å². The van der Waals surface area contributed by atoms with Gasteiger partial charge < -0.3 is 9.47 Å². The number of hydrogen-bond acceptors (Lipinski definition) is 4. The molecule has 1 aromatic carbocycles. The lowest BCUT2D eigenvalue weighted by molar-refractivity contribution is 0.0896. The highest BCUT2D eigenvalue weighted by Crippen LogP contribution is 2.25. The van der Waals surface area contributed by atoms with Crippen LogP contribution in [-0.2, 0) is 14.8 Å². The van der Waals surface area contributed by atoms with Crippen molar-refractivity contribution in [1.29, 1.82) is 0 Å². The summed E-state index contributed by atoms with van der Waals surface area (Å²) < 4.78 is 59.7. The van der Waals surface area contributed by atoms with Crippen LogP contribution in [0, 0.1) is 11.6 Å². The van der Waals surface area contributed by atoms with Gasteiger partial charge in [0.25, 0.3) is 0 Å². The first-order valence-corrected chi connectivity index (χ1v) is 7.69.